The van der Waals surface area contributed by atoms with Gasteiger partial charge in [-0.1, -0.05) is 24.9 Å². The van der Waals surface area contributed by atoms with E-state index in [-0.39, 0.29) is 22.5 Å². The van der Waals surface area contributed by atoms with Crippen LogP contribution in [0.4, 0.5) is 8.78 Å². The number of aliphatic hydroxyl groups excluding tert-OH is 1. The minimum absolute atomic E-state index is 0.00816. The van der Waals surface area contributed by atoms with E-state index < -0.39 is 17.7 Å². The van der Waals surface area contributed by atoms with Gasteiger partial charge < -0.3 is 10.4 Å². The zero-order valence-corrected chi connectivity index (χ0v) is 12.4. The molecule has 2 unspecified atom stereocenters. The van der Waals surface area contributed by atoms with Gasteiger partial charge in [0, 0.05) is 11.1 Å². The molecule has 0 amide bonds. The fourth-order valence-corrected chi connectivity index (χ4v) is 3.22. The summed E-state index contributed by atoms with van der Waals surface area (Å²) in [6.45, 7) is 2.04. The number of nitrogens with one attached hydrogen (secondary N) is 1. The van der Waals surface area contributed by atoms with Gasteiger partial charge in [0.15, 0.2) is 0 Å². The molecule has 3 atom stereocenters. The Kier molecular flexibility index (Phi) is 4.99. The number of rotatable bonds is 6. The van der Waals surface area contributed by atoms with Gasteiger partial charge in [0.2, 0.25) is 0 Å². The van der Waals surface area contributed by atoms with Crippen LogP contribution in [0.25, 0.3) is 0 Å². The molecular formula is C15H20ClF2NO. The SMILES string of the molecule is CCC(C1CC1)[C@H](NC)C(O)c1c(F)cc(Cl)cc1F. The number of benzene rings is 1. The molecule has 0 aromatic heterocycles. The molecule has 0 aliphatic heterocycles. The summed E-state index contributed by atoms with van der Waals surface area (Å²) in [5, 5.41) is 13.4. The number of likely N-dealkylation sites (N-methyl/N-ethyl adjacent to an activating group) is 1. The first-order chi connectivity index (χ1) is 9.49. The van der Waals surface area contributed by atoms with Crippen LogP contribution in [0.5, 0.6) is 0 Å². The van der Waals surface area contributed by atoms with E-state index in [1.165, 1.54) is 0 Å². The molecule has 20 heavy (non-hydrogen) atoms. The molecule has 0 spiro atoms. The first kappa shape index (κ1) is 15.7. The predicted molar refractivity (Wildman–Crippen MR) is 75.7 cm³/mol. The van der Waals surface area contributed by atoms with Crippen molar-refractivity contribution in [3.05, 3.63) is 34.4 Å². The zero-order chi connectivity index (χ0) is 14.9. The van der Waals surface area contributed by atoms with Gasteiger partial charge in [0.1, 0.15) is 17.7 Å². The van der Waals surface area contributed by atoms with Gasteiger partial charge in [-0.25, -0.2) is 8.78 Å². The first-order valence-corrected chi connectivity index (χ1v) is 7.37. The third-order valence-electron chi connectivity index (χ3n) is 4.17. The summed E-state index contributed by atoms with van der Waals surface area (Å²) in [6, 6.07) is 1.71. The van der Waals surface area contributed by atoms with Crippen LogP contribution >= 0.6 is 11.6 Å². The van der Waals surface area contributed by atoms with Crippen molar-refractivity contribution in [1.29, 1.82) is 0 Å². The Hall–Kier alpha value is -0.710. The molecule has 1 aromatic rings. The Bertz CT molecular complexity index is 456. The van der Waals surface area contributed by atoms with Crippen molar-refractivity contribution in [2.45, 2.75) is 38.3 Å². The molecule has 0 heterocycles. The van der Waals surface area contributed by atoms with Gasteiger partial charge in [-0.15, -0.1) is 0 Å². The summed E-state index contributed by atoms with van der Waals surface area (Å²) in [5.74, 6) is -0.850. The van der Waals surface area contributed by atoms with E-state index >= 15 is 0 Å². The molecule has 112 valence electrons. The zero-order valence-electron chi connectivity index (χ0n) is 11.7. The van der Waals surface area contributed by atoms with E-state index in [9.17, 15) is 13.9 Å². The molecule has 0 bridgehead atoms. The highest BCUT2D eigenvalue weighted by Gasteiger charge is 2.39. The number of hydrogen-bond donors (Lipinski definition) is 2. The fourth-order valence-electron chi connectivity index (χ4n) is 3.03. The molecule has 1 saturated carbocycles. The topological polar surface area (TPSA) is 32.3 Å². The van der Waals surface area contributed by atoms with Gasteiger partial charge in [-0.2, -0.15) is 0 Å². The molecule has 1 fully saturated rings. The maximum absolute atomic E-state index is 13.9. The highest BCUT2D eigenvalue weighted by Crippen LogP contribution is 2.43. The summed E-state index contributed by atoms with van der Waals surface area (Å²) in [4.78, 5) is 0. The monoisotopic (exact) mass is 303 g/mol. The fraction of sp³-hybridized carbons (Fsp3) is 0.600. The average Bonchev–Trinajstić information content (AvgIpc) is 3.18. The molecule has 1 aliphatic rings. The normalized spacial score (nSPS) is 19.7. The lowest BCUT2D eigenvalue weighted by Gasteiger charge is -2.31. The van der Waals surface area contributed by atoms with E-state index in [2.05, 4.69) is 5.32 Å². The molecule has 1 aliphatic carbocycles. The van der Waals surface area contributed by atoms with Crippen LogP contribution in [0.3, 0.4) is 0 Å². The molecule has 2 rings (SSSR count). The molecule has 1 aromatic carbocycles. The van der Waals surface area contributed by atoms with Gasteiger partial charge in [0.25, 0.3) is 0 Å². The van der Waals surface area contributed by atoms with Crippen LogP contribution in [0.2, 0.25) is 5.02 Å². The standard InChI is InChI=1S/C15H20ClF2NO/c1-3-10(8-4-5-8)14(19-2)15(20)13-11(17)6-9(16)7-12(13)18/h6-8,10,14-15,19-20H,3-5H2,1-2H3/t10?,14-,15?/m0/s1. The second-order valence-corrected chi connectivity index (χ2v) is 5.89. The second-order valence-electron chi connectivity index (χ2n) is 5.45. The quantitative estimate of drug-likeness (QED) is 0.840. The lowest BCUT2D eigenvalue weighted by atomic mass is 9.85. The first-order valence-electron chi connectivity index (χ1n) is 6.99. The largest absolute Gasteiger partial charge is 0.387 e. The molecule has 5 heteroatoms. The van der Waals surface area contributed by atoms with Gasteiger partial charge >= 0.3 is 0 Å². The Labute approximate surface area is 123 Å². The molecule has 2 nitrogen and oxygen atoms in total. The van der Waals surface area contributed by atoms with Crippen molar-refractivity contribution in [2.75, 3.05) is 7.05 Å². The third-order valence-corrected chi connectivity index (χ3v) is 4.39. The Morgan fingerprint density at radius 3 is 2.30 bits per heavy atom. The van der Waals surface area contributed by atoms with Crippen molar-refractivity contribution < 1.29 is 13.9 Å². The molecule has 0 saturated heterocycles. The highest BCUT2D eigenvalue weighted by molar-refractivity contribution is 6.30. The Balaban J connectivity index is 2.30. The highest BCUT2D eigenvalue weighted by atomic mass is 35.5. The van der Waals surface area contributed by atoms with Gasteiger partial charge in [-0.05, 0) is 43.9 Å². The maximum Gasteiger partial charge on any atom is 0.133 e. The van der Waals surface area contributed by atoms with Crippen molar-refractivity contribution in [1.82, 2.24) is 5.32 Å². The molecule has 2 N–H and O–H groups in total. The Morgan fingerprint density at radius 2 is 1.90 bits per heavy atom. The number of halogens is 3. The lowest BCUT2D eigenvalue weighted by molar-refractivity contribution is 0.0858. The van der Waals surface area contributed by atoms with Crippen molar-refractivity contribution in [3.8, 4) is 0 Å². The van der Waals surface area contributed by atoms with Crippen LogP contribution in [-0.4, -0.2) is 18.2 Å². The van der Waals surface area contributed by atoms with Crippen LogP contribution in [0.15, 0.2) is 12.1 Å². The van der Waals surface area contributed by atoms with E-state index in [4.69, 9.17) is 11.6 Å². The van der Waals surface area contributed by atoms with Gasteiger partial charge in [-0.3, -0.25) is 0 Å². The van der Waals surface area contributed by atoms with Crippen LogP contribution in [0, 0.1) is 23.5 Å². The van der Waals surface area contributed by atoms with E-state index in [1.54, 1.807) is 7.05 Å². The van der Waals surface area contributed by atoms with Crippen LogP contribution < -0.4 is 5.32 Å². The average molecular weight is 304 g/mol. The second kappa shape index (κ2) is 6.37. The van der Waals surface area contributed by atoms with Crippen LogP contribution in [0.1, 0.15) is 37.9 Å². The lowest BCUT2D eigenvalue weighted by Crippen LogP contribution is -2.40. The summed E-state index contributed by atoms with van der Waals surface area (Å²) in [6.07, 6.45) is 1.89. The van der Waals surface area contributed by atoms with Crippen molar-refractivity contribution in [2.24, 2.45) is 11.8 Å². The van der Waals surface area contributed by atoms with E-state index in [0.717, 1.165) is 31.4 Å². The molecular weight excluding hydrogens is 284 g/mol. The minimum Gasteiger partial charge on any atom is -0.387 e. The number of hydrogen-bond acceptors (Lipinski definition) is 2. The summed E-state index contributed by atoms with van der Waals surface area (Å²) in [7, 11) is 1.71. The van der Waals surface area contributed by atoms with Crippen molar-refractivity contribution in [3.63, 3.8) is 0 Å². The van der Waals surface area contributed by atoms with Gasteiger partial charge in [0.05, 0.1) is 5.56 Å². The van der Waals surface area contributed by atoms with Crippen LogP contribution in [-0.2, 0) is 0 Å². The van der Waals surface area contributed by atoms with E-state index in [0.29, 0.717) is 5.92 Å². The predicted octanol–water partition coefficient (Wildman–Crippen LogP) is 3.68. The van der Waals surface area contributed by atoms with Crippen molar-refractivity contribution >= 4 is 11.6 Å². The summed E-state index contributed by atoms with van der Waals surface area (Å²) < 4.78 is 27.9. The smallest absolute Gasteiger partial charge is 0.133 e. The third kappa shape index (κ3) is 3.13. The van der Waals surface area contributed by atoms with E-state index in [1.807, 2.05) is 6.92 Å². The summed E-state index contributed by atoms with van der Waals surface area (Å²) in [5.41, 5.74) is -0.298. The Morgan fingerprint density at radius 1 is 1.35 bits per heavy atom. The number of aliphatic hydroxyl groups is 1. The minimum atomic E-state index is -1.22. The maximum atomic E-state index is 13.9. The molecule has 0 radical (unpaired) electrons. The summed E-state index contributed by atoms with van der Waals surface area (Å²) >= 11 is 5.61.